The van der Waals surface area contributed by atoms with E-state index < -0.39 is 40.7 Å². The largest absolute Gasteiger partial charge is 0.394 e. The molecule has 3 fully saturated rings. The number of fused-ring (bicyclic) bond motifs is 1. The van der Waals surface area contributed by atoms with E-state index in [1.807, 2.05) is 65.0 Å². The number of aliphatic hydroxyl groups is 1. The quantitative estimate of drug-likeness (QED) is 0.421. The molecule has 8 nitrogen and oxygen atoms in total. The van der Waals surface area contributed by atoms with Gasteiger partial charge in [0.25, 0.3) is 0 Å². The molecule has 2 unspecified atom stereocenters. The number of aliphatic hydroxyl groups excluding tert-OH is 1. The van der Waals surface area contributed by atoms with Crippen LogP contribution in [0.1, 0.15) is 60.3 Å². The normalized spacial score (nSPS) is 29.7. The summed E-state index contributed by atoms with van der Waals surface area (Å²) in [6, 6.07) is 7.86. The van der Waals surface area contributed by atoms with Gasteiger partial charge in [0.1, 0.15) is 11.6 Å². The minimum Gasteiger partial charge on any atom is -0.394 e. The van der Waals surface area contributed by atoms with Gasteiger partial charge in [-0.05, 0) is 58.6 Å². The highest BCUT2D eigenvalue weighted by Crippen LogP contribution is 2.65. The molecule has 8 heteroatoms. The SMILES string of the molecule is C=CCN(C(=O)[C@H]1[C@H]2C(=O)N([C@@H](CC)CO)C(C(=O)N(CC=C)C(C)(C)C)C23CC[C@]1(CC)O3)c1ccccc1. The molecule has 40 heavy (non-hydrogen) atoms. The molecule has 0 radical (unpaired) electrons. The number of rotatable bonds is 11. The van der Waals surface area contributed by atoms with E-state index in [-0.39, 0.29) is 30.9 Å². The Morgan fingerprint density at radius 3 is 2.30 bits per heavy atom. The Morgan fingerprint density at radius 1 is 1.12 bits per heavy atom. The molecular formula is C32H45N3O5. The molecule has 3 aliphatic rings. The topological polar surface area (TPSA) is 90.4 Å². The molecule has 0 aliphatic carbocycles. The van der Waals surface area contributed by atoms with Crippen molar-refractivity contribution >= 4 is 23.4 Å². The number of amides is 3. The van der Waals surface area contributed by atoms with Crippen LogP contribution < -0.4 is 4.90 Å². The van der Waals surface area contributed by atoms with E-state index >= 15 is 0 Å². The molecule has 1 spiro atoms. The van der Waals surface area contributed by atoms with Crippen molar-refractivity contribution in [3.8, 4) is 0 Å². The number of likely N-dealkylation sites (tertiary alicyclic amines) is 1. The molecule has 0 saturated carbocycles. The number of carbonyl (C=O) groups excluding carboxylic acids is 3. The van der Waals surface area contributed by atoms with Crippen molar-refractivity contribution in [2.24, 2.45) is 11.8 Å². The summed E-state index contributed by atoms with van der Waals surface area (Å²) in [5.41, 5.74) is -1.84. The number of nitrogens with zero attached hydrogens (tertiary/aromatic N) is 3. The molecule has 2 bridgehead atoms. The number of hydrogen-bond donors (Lipinski definition) is 1. The van der Waals surface area contributed by atoms with Crippen LogP contribution in [-0.2, 0) is 19.1 Å². The third-order valence-electron chi connectivity index (χ3n) is 9.23. The van der Waals surface area contributed by atoms with Crippen molar-refractivity contribution in [2.75, 3.05) is 24.6 Å². The number of ether oxygens (including phenoxy) is 1. The lowest BCUT2D eigenvalue weighted by atomic mass is 9.64. The van der Waals surface area contributed by atoms with E-state index in [9.17, 15) is 19.5 Å². The molecule has 1 N–H and O–H groups in total. The van der Waals surface area contributed by atoms with Gasteiger partial charge in [-0.3, -0.25) is 14.4 Å². The molecule has 0 aromatic heterocycles. The van der Waals surface area contributed by atoms with Crippen LogP contribution in [0.25, 0.3) is 0 Å². The van der Waals surface area contributed by atoms with E-state index in [0.717, 1.165) is 5.69 Å². The van der Waals surface area contributed by atoms with Crippen LogP contribution in [-0.4, -0.2) is 81.1 Å². The first kappa shape index (κ1) is 30.0. The van der Waals surface area contributed by atoms with Gasteiger partial charge in [-0.25, -0.2) is 0 Å². The highest BCUT2D eigenvalue weighted by Gasteiger charge is 2.79. The predicted octanol–water partition coefficient (Wildman–Crippen LogP) is 3.94. The number of hydrogen-bond acceptors (Lipinski definition) is 5. The van der Waals surface area contributed by atoms with E-state index in [0.29, 0.717) is 32.2 Å². The maximum Gasteiger partial charge on any atom is 0.249 e. The molecule has 3 amide bonds. The average molecular weight is 552 g/mol. The molecule has 6 atom stereocenters. The highest BCUT2D eigenvalue weighted by molar-refractivity contribution is 6.03. The summed E-state index contributed by atoms with van der Waals surface area (Å²) < 4.78 is 6.94. The van der Waals surface area contributed by atoms with E-state index in [4.69, 9.17) is 4.74 Å². The summed E-state index contributed by atoms with van der Waals surface area (Å²) in [4.78, 5) is 48.5. The zero-order valence-electron chi connectivity index (χ0n) is 24.6. The van der Waals surface area contributed by atoms with Gasteiger partial charge in [0, 0.05) is 24.3 Å². The van der Waals surface area contributed by atoms with Crippen molar-refractivity contribution in [2.45, 2.75) is 89.1 Å². The second kappa shape index (κ2) is 11.1. The Labute approximate surface area is 238 Å². The van der Waals surface area contributed by atoms with Gasteiger partial charge in [0.05, 0.1) is 30.1 Å². The number of carbonyl (C=O) groups is 3. The summed E-state index contributed by atoms with van der Waals surface area (Å²) in [6.07, 6.45) is 5.44. The molecule has 3 heterocycles. The maximum absolute atomic E-state index is 14.5. The van der Waals surface area contributed by atoms with Gasteiger partial charge >= 0.3 is 0 Å². The van der Waals surface area contributed by atoms with Crippen molar-refractivity contribution < 1.29 is 24.2 Å². The predicted molar refractivity (Wildman–Crippen MR) is 156 cm³/mol. The van der Waals surface area contributed by atoms with Crippen molar-refractivity contribution in [3.05, 3.63) is 55.6 Å². The van der Waals surface area contributed by atoms with Crippen molar-refractivity contribution in [3.63, 3.8) is 0 Å². The fraction of sp³-hybridized carbons (Fsp3) is 0.594. The van der Waals surface area contributed by atoms with E-state index in [2.05, 4.69) is 13.2 Å². The van der Waals surface area contributed by atoms with Gasteiger partial charge in [0.15, 0.2) is 0 Å². The fourth-order valence-electron chi connectivity index (χ4n) is 7.32. The Hall–Kier alpha value is -2.97. The first-order chi connectivity index (χ1) is 19.0. The number of benzene rings is 1. The van der Waals surface area contributed by atoms with Gasteiger partial charge in [0.2, 0.25) is 17.7 Å². The molecule has 218 valence electrons. The van der Waals surface area contributed by atoms with Crippen LogP contribution in [0.5, 0.6) is 0 Å². The Bertz CT molecular complexity index is 1140. The molecule has 4 rings (SSSR count). The zero-order valence-corrected chi connectivity index (χ0v) is 24.6. The average Bonchev–Trinajstić information content (AvgIpc) is 3.54. The second-order valence-corrected chi connectivity index (χ2v) is 12.3. The lowest BCUT2D eigenvalue weighted by molar-refractivity contribution is -0.159. The van der Waals surface area contributed by atoms with Crippen LogP contribution in [0.3, 0.4) is 0 Å². The Morgan fingerprint density at radius 2 is 1.77 bits per heavy atom. The van der Waals surface area contributed by atoms with Crippen LogP contribution >= 0.6 is 0 Å². The molecule has 3 saturated heterocycles. The monoisotopic (exact) mass is 551 g/mol. The van der Waals surface area contributed by atoms with Gasteiger partial charge in [-0.2, -0.15) is 0 Å². The minimum absolute atomic E-state index is 0.197. The highest BCUT2D eigenvalue weighted by atomic mass is 16.5. The van der Waals surface area contributed by atoms with Crippen LogP contribution in [0.2, 0.25) is 0 Å². The lowest BCUT2D eigenvalue weighted by Gasteiger charge is -2.43. The fourth-order valence-corrected chi connectivity index (χ4v) is 7.32. The van der Waals surface area contributed by atoms with Gasteiger partial charge in [-0.1, -0.05) is 44.2 Å². The van der Waals surface area contributed by atoms with E-state index in [1.165, 1.54) is 0 Å². The molecule has 1 aromatic rings. The Balaban J connectivity index is 1.88. The van der Waals surface area contributed by atoms with Crippen LogP contribution in [0, 0.1) is 11.8 Å². The van der Waals surface area contributed by atoms with Gasteiger partial charge in [-0.15, -0.1) is 13.2 Å². The summed E-state index contributed by atoms with van der Waals surface area (Å²) in [6.45, 7) is 17.8. The lowest BCUT2D eigenvalue weighted by Crippen LogP contribution is -2.61. The third kappa shape index (κ3) is 4.49. The number of anilines is 1. The summed E-state index contributed by atoms with van der Waals surface area (Å²) in [5.74, 6) is -2.31. The maximum atomic E-state index is 14.5. The standard InChI is InChI=1S/C32H45N3O5/c1-8-19-33(23-15-13-12-14-16-23)27(37)24-25-28(38)35(22(10-3)21-36)26(29(39)34(20-9-2)30(5,6)7)32(25)18-17-31(24,11-4)40-32/h8-9,12-16,22,24-26,36H,1-2,10-11,17-21H2,3-7H3/t22-,24+,25-,26?,31-,32?/m0/s1. The summed E-state index contributed by atoms with van der Waals surface area (Å²) >= 11 is 0. The second-order valence-electron chi connectivity index (χ2n) is 12.3. The first-order valence-electron chi connectivity index (χ1n) is 14.5. The molecule has 1 aromatic carbocycles. The Kier molecular flexibility index (Phi) is 8.35. The molecule has 3 aliphatic heterocycles. The molecular weight excluding hydrogens is 506 g/mol. The number of para-hydroxylation sites is 1. The summed E-state index contributed by atoms with van der Waals surface area (Å²) in [7, 11) is 0. The zero-order chi connectivity index (χ0) is 29.5. The van der Waals surface area contributed by atoms with Crippen LogP contribution in [0.15, 0.2) is 55.6 Å². The smallest absolute Gasteiger partial charge is 0.249 e. The van der Waals surface area contributed by atoms with Crippen molar-refractivity contribution in [1.29, 1.82) is 0 Å². The first-order valence-corrected chi connectivity index (χ1v) is 14.5. The van der Waals surface area contributed by atoms with Crippen molar-refractivity contribution in [1.82, 2.24) is 9.80 Å². The van der Waals surface area contributed by atoms with Gasteiger partial charge < -0.3 is 24.5 Å². The van der Waals surface area contributed by atoms with Crippen LogP contribution in [0.4, 0.5) is 5.69 Å². The van der Waals surface area contributed by atoms with E-state index in [1.54, 1.807) is 26.9 Å². The minimum atomic E-state index is -1.16. The summed E-state index contributed by atoms with van der Waals surface area (Å²) in [5, 5.41) is 10.4. The third-order valence-corrected chi connectivity index (χ3v) is 9.23.